The molecule has 0 aromatic heterocycles. The Hall–Kier alpha value is -2.72. The van der Waals surface area contributed by atoms with Crippen molar-refractivity contribution in [1.82, 2.24) is 0 Å². The monoisotopic (exact) mass is 372 g/mol. The van der Waals surface area contributed by atoms with Gasteiger partial charge in [-0.2, -0.15) is 0 Å². The molecule has 0 unspecified atom stereocenters. The number of hydrogen-bond acceptors (Lipinski definition) is 3. The summed E-state index contributed by atoms with van der Waals surface area (Å²) in [5, 5.41) is 0. The van der Waals surface area contributed by atoms with Gasteiger partial charge in [0.2, 0.25) is 0 Å². The zero-order valence-electron chi connectivity index (χ0n) is 16.4. The van der Waals surface area contributed by atoms with E-state index in [9.17, 15) is 0 Å². The molecule has 0 heterocycles. The highest BCUT2D eigenvalue weighted by molar-refractivity contribution is 6.08. The summed E-state index contributed by atoms with van der Waals surface area (Å²) in [6, 6.07) is 26.3. The molecule has 0 spiro atoms. The molecular formula is C24H25BO3. The van der Waals surface area contributed by atoms with E-state index in [1.807, 2.05) is 42.5 Å². The molecule has 0 amide bonds. The van der Waals surface area contributed by atoms with Crippen LogP contribution in [0.25, 0.3) is 0 Å². The second-order valence-corrected chi connectivity index (χ2v) is 6.49. The SMILES string of the molecule is [B]CCCOC(c1ccccc1)(c1ccc(OC)cc1)c1ccc(OC)cc1. The van der Waals surface area contributed by atoms with Gasteiger partial charge in [0.15, 0.2) is 0 Å². The Bertz CT molecular complexity index is 798. The van der Waals surface area contributed by atoms with Gasteiger partial charge in [0.05, 0.1) is 22.1 Å². The van der Waals surface area contributed by atoms with Crippen molar-refractivity contribution in [2.24, 2.45) is 0 Å². The van der Waals surface area contributed by atoms with Gasteiger partial charge in [-0.25, -0.2) is 0 Å². The predicted octanol–water partition coefficient (Wildman–Crippen LogP) is 4.99. The first kappa shape index (κ1) is 20.0. The largest absolute Gasteiger partial charge is 0.497 e. The highest BCUT2D eigenvalue weighted by Gasteiger charge is 2.37. The standard InChI is InChI=1S/C24H25BO3/c1-26-22-13-9-20(10-14-22)24(28-18-6-17-25,19-7-4-3-5-8-19)21-11-15-23(27-2)16-12-21/h3-5,7-16H,6,17-18H2,1-2H3. The van der Waals surface area contributed by atoms with Gasteiger partial charge in [-0.05, 0) is 47.4 Å². The van der Waals surface area contributed by atoms with Gasteiger partial charge in [-0.3, -0.25) is 0 Å². The van der Waals surface area contributed by atoms with Crippen LogP contribution in [0, 0.1) is 0 Å². The number of ether oxygens (including phenoxy) is 3. The Morgan fingerprint density at radius 1 is 0.679 bits per heavy atom. The number of benzene rings is 3. The molecule has 3 rings (SSSR count). The van der Waals surface area contributed by atoms with Crippen LogP contribution in [-0.2, 0) is 10.3 Å². The lowest BCUT2D eigenvalue weighted by Crippen LogP contribution is -2.33. The van der Waals surface area contributed by atoms with Crippen LogP contribution in [0.4, 0.5) is 0 Å². The van der Waals surface area contributed by atoms with Crippen molar-refractivity contribution in [1.29, 1.82) is 0 Å². The molecule has 4 heteroatoms. The van der Waals surface area contributed by atoms with Crippen molar-refractivity contribution in [2.45, 2.75) is 18.3 Å². The van der Waals surface area contributed by atoms with Crippen molar-refractivity contribution >= 4 is 7.85 Å². The minimum absolute atomic E-state index is 0.545. The van der Waals surface area contributed by atoms with Gasteiger partial charge in [0, 0.05) is 6.61 Å². The van der Waals surface area contributed by atoms with Gasteiger partial charge < -0.3 is 14.2 Å². The first-order valence-corrected chi connectivity index (χ1v) is 9.43. The first-order valence-electron chi connectivity index (χ1n) is 9.43. The molecule has 0 bridgehead atoms. The maximum atomic E-state index is 6.61. The third-order valence-electron chi connectivity index (χ3n) is 4.84. The predicted molar refractivity (Wildman–Crippen MR) is 113 cm³/mol. The summed E-state index contributed by atoms with van der Waals surface area (Å²) in [4.78, 5) is 0. The smallest absolute Gasteiger partial charge is 0.143 e. The molecule has 0 fully saturated rings. The van der Waals surface area contributed by atoms with Gasteiger partial charge in [0.1, 0.15) is 17.1 Å². The Kier molecular flexibility index (Phi) is 6.78. The molecule has 142 valence electrons. The number of rotatable bonds is 9. The maximum Gasteiger partial charge on any atom is 0.143 e. The van der Waals surface area contributed by atoms with E-state index in [0.717, 1.165) is 34.6 Å². The molecule has 0 saturated carbocycles. The summed E-state index contributed by atoms with van der Waals surface area (Å²) in [5.41, 5.74) is 2.36. The van der Waals surface area contributed by atoms with Crippen LogP contribution in [0.2, 0.25) is 6.32 Å². The van der Waals surface area contributed by atoms with Crippen LogP contribution < -0.4 is 9.47 Å². The minimum Gasteiger partial charge on any atom is -0.497 e. The zero-order chi connectivity index (χ0) is 19.8. The summed E-state index contributed by atoms with van der Waals surface area (Å²) in [7, 11) is 9.07. The van der Waals surface area contributed by atoms with Crippen molar-refractivity contribution in [3.8, 4) is 11.5 Å². The second kappa shape index (κ2) is 9.47. The Balaban J connectivity index is 2.20. The quantitative estimate of drug-likeness (QED) is 0.301. The average molecular weight is 372 g/mol. The van der Waals surface area contributed by atoms with E-state index in [0.29, 0.717) is 12.9 Å². The van der Waals surface area contributed by atoms with Crippen LogP contribution in [0.1, 0.15) is 23.1 Å². The van der Waals surface area contributed by atoms with E-state index >= 15 is 0 Å². The molecular weight excluding hydrogens is 347 g/mol. The molecule has 0 N–H and O–H groups in total. The molecule has 3 aromatic carbocycles. The van der Waals surface area contributed by atoms with Crippen LogP contribution in [0.3, 0.4) is 0 Å². The summed E-state index contributed by atoms with van der Waals surface area (Å²) in [5.74, 6) is 1.62. The zero-order valence-corrected chi connectivity index (χ0v) is 16.4. The lowest BCUT2D eigenvalue weighted by molar-refractivity contribution is 0.0133. The van der Waals surface area contributed by atoms with E-state index in [4.69, 9.17) is 22.1 Å². The lowest BCUT2D eigenvalue weighted by Gasteiger charge is -2.36. The molecule has 3 nitrogen and oxygen atoms in total. The average Bonchev–Trinajstić information content (AvgIpc) is 2.78. The van der Waals surface area contributed by atoms with Crippen molar-refractivity contribution < 1.29 is 14.2 Å². The fraction of sp³-hybridized carbons (Fsp3) is 0.250. The Morgan fingerprint density at radius 3 is 1.57 bits per heavy atom. The molecule has 3 aromatic rings. The first-order chi connectivity index (χ1) is 13.7. The third-order valence-corrected chi connectivity index (χ3v) is 4.84. The molecule has 0 aliphatic rings. The van der Waals surface area contributed by atoms with Gasteiger partial charge in [-0.15, -0.1) is 0 Å². The lowest BCUT2D eigenvalue weighted by atomic mass is 9.80. The highest BCUT2D eigenvalue weighted by atomic mass is 16.5. The van der Waals surface area contributed by atoms with E-state index in [2.05, 4.69) is 36.4 Å². The van der Waals surface area contributed by atoms with Crippen molar-refractivity contribution in [3.05, 3.63) is 95.6 Å². The van der Waals surface area contributed by atoms with Gasteiger partial charge in [0.25, 0.3) is 0 Å². The summed E-state index contributed by atoms with van der Waals surface area (Å²) in [6.07, 6.45) is 1.36. The highest BCUT2D eigenvalue weighted by Crippen LogP contribution is 2.41. The molecule has 0 aliphatic carbocycles. The van der Waals surface area contributed by atoms with E-state index in [1.54, 1.807) is 14.2 Å². The summed E-state index contributed by atoms with van der Waals surface area (Å²) < 4.78 is 17.3. The van der Waals surface area contributed by atoms with E-state index in [1.165, 1.54) is 0 Å². The molecule has 0 atom stereocenters. The van der Waals surface area contributed by atoms with Crippen molar-refractivity contribution in [2.75, 3.05) is 20.8 Å². The van der Waals surface area contributed by atoms with E-state index < -0.39 is 5.60 Å². The fourth-order valence-electron chi connectivity index (χ4n) is 3.38. The Morgan fingerprint density at radius 2 is 1.14 bits per heavy atom. The normalized spacial score (nSPS) is 11.2. The molecule has 2 radical (unpaired) electrons. The van der Waals surface area contributed by atoms with Gasteiger partial charge >= 0.3 is 0 Å². The number of hydrogen-bond donors (Lipinski definition) is 0. The van der Waals surface area contributed by atoms with Crippen molar-refractivity contribution in [3.63, 3.8) is 0 Å². The molecule has 0 saturated heterocycles. The molecule has 0 aliphatic heterocycles. The Labute approximate surface area is 168 Å². The maximum absolute atomic E-state index is 6.61. The topological polar surface area (TPSA) is 27.7 Å². The van der Waals surface area contributed by atoms with Crippen LogP contribution in [-0.4, -0.2) is 28.7 Å². The van der Waals surface area contributed by atoms with E-state index in [-0.39, 0.29) is 0 Å². The van der Waals surface area contributed by atoms with Crippen LogP contribution in [0.5, 0.6) is 11.5 Å². The number of methoxy groups -OCH3 is 2. The third kappa shape index (κ3) is 4.07. The fourth-order valence-corrected chi connectivity index (χ4v) is 3.38. The molecule has 28 heavy (non-hydrogen) atoms. The summed E-state index contributed by atoms with van der Waals surface area (Å²) in [6.45, 7) is 0.545. The van der Waals surface area contributed by atoms with Gasteiger partial charge in [-0.1, -0.05) is 60.9 Å². The van der Waals surface area contributed by atoms with Crippen LogP contribution in [0.15, 0.2) is 78.9 Å². The minimum atomic E-state index is -0.755. The second-order valence-electron chi connectivity index (χ2n) is 6.49. The summed E-state index contributed by atoms with van der Waals surface area (Å²) >= 11 is 0. The van der Waals surface area contributed by atoms with Crippen LogP contribution >= 0.6 is 0 Å².